The number of hydrogen-bond donors (Lipinski definition) is 0. The van der Waals surface area contributed by atoms with Crippen molar-refractivity contribution in [3.63, 3.8) is 0 Å². The van der Waals surface area contributed by atoms with Crippen LogP contribution in [0.3, 0.4) is 0 Å². The van der Waals surface area contributed by atoms with E-state index in [2.05, 4.69) is 182 Å². The topological polar surface area (TPSA) is 0 Å². The van der Waals surface area contributed by atoms with Crippen molar-refractivity contribution in [2.24, 2.45) is 0 Å². The molecule has 0 aromatic heterocycles. The van der Waals surface area contributed by atoms with Crippen molar-refractivity contribution in [1.82, 2.24) is 0 Å². The highest BCUT2D eigenvalue weighted by atomic mass is 32.3. The predicted octanol–water partition coefficient (Wildman–Crippen LogP) is 13.8. The first-order chi connectivity index (χ1) is 24.0. The van der Waals surface area contributed by atoms with E-state index in [1.807, 2.05) is 0 Å². The van der Waals surface area contributed by atoms with Gasteiger partial charge in [0.15, 0.2) is 0 Å². The maximum Gasteiger partial charge on any atom is 0.00274 e. The summed E-state index contributed by atoms with van der Waals surface area (Å²) in [5.74, 6) is 0. The highest BCUT2D eigenvalue weighted by Crippen LogP contribution is 2.66. The Kier molecular flexibility index (Phi) is 6.19. The van der Waals surface area contributed by atoms with E-state index in [0.29, 0.717) is 0 Å². The minimum absolute atomic E-state index is 1.25. The second-order valence-electron chi connectivity index (χ2n) is 13.8. The van der Waals surface area contributed by atoms with Crippen LogP contribution in [0.25, 0.3) is 87.6 Å². The van der Waals surface area contributed by atoms with Gasteiger partial charge in [0.05, 0.1) is 0 Å². The maximum absolute atomic E-state index is 2.50. The van der Waals surface area contributed by atoms with Gasteiger partial charge in [-0.1, -0.05) is 115 Å². The van der Waals surface area contributed by atoms with E-state index >= 15 is 0 Å². The Bertz CT molecular complexity index is 2800. The van der Waals surface area contributed by atoms with Gasteiger partial charge in [-0.3, -0.25) is 0 Å². The van der Waals surface area contributed by atoms with E-state index in [1.165, 1.54) is 97.4 Å². The summed E-state index contributed by atoms with van der Waals surface area (Å²) in [6.45, 7) is 0. The number of hydrogen-bond acceptors (Lipinski definition) is 0. The molecular formula is C48H34S. The van der Waals surface area contributed by atoms with E-state index < -0.39 is 10.0 Å². The molecular weight excluding hydrogens is 609 g/mol. The van der Waals surface area contributed by atoms with E-state index in [9.17, 15) is 0 Å². The summed E-state index contributed by atoms with van der Waals surface area (Å²) in [4.78, 5) is 2.93. The third-order valence-corrected chi connectivity index (χ3v) is 13.5. The van der Waals surface area contributed by atoms with Crippen molar-refractivity contribution in [3.05, 3.63) is 170 Å². The molecule has 0 spiro atoms. The molecule has 49 heavy (non-hydrogen) atoms. The number of rotatable bonds is 3. The Morgan fingerprint density at radius 2 is 0.673 bits per heavy atom. The molecule has 0 saturated heterocycles. The minimum atomic E-state index is -1.32. The highest BCUT2D eigenvalue weighted by Gasteiger charge is 2.31. The molecule has 0 nitrogen and oxygen atoms in total. The zero-order valence-electron chi connectivity index (χ0n) is 27.6. The lowest BCUT2D eigenvalue weighted by Crippen LogP contribution is -2.07. The largest absolute Gasteiger partial charge is 0.192 e. The summed E-state index contributed by atoms with van der Waals surface area (Å²) in [6, 6.07) is 63.7. The first-order valence-electron chi connectivity index (χ1n) is 17.0. The molecule has 0 fully saturated rings. The maximum atomic E-state index is 2.50. The monoisotopic (exact) mass is 642 g/mol. The zero-order chi connectivity index (χ0) is 32.7. The molecule has 1 aliphatic heterocycles. The second-order valence-corrected chi connectivity index (χ2v) is 17.4. The molecule has 0 bridgehead atoms. The molecule has 0 atom stereocenters. The summed E-state index contributed by atoms with van der Waals surface area (Å²) in [5.41, 5.74) is 10.3. The second kappa shape index (κ2) is 10.7. The summed E-state index contributed by atoms with van der Waals surface area (Å²) in [7, 11) is -1.32. The van der Waals surface area contributed by atoms with Gasteiger partial charge in [-0.25, -0.2) is 0 Å². The average Bonchev–Trinajstić information content (AvgIpc) is 3.15. The number of fused-ring (bicyclic) bond motifs is 5. The van der Waals surface area contributed by atoms with Gasteiger partial charge in [0.1, 0.15) is 0 Å². The lowest BCUT2D eigenvalue weighted by molar-refractivity contribution is 1.35. The molecule has 0 N–H and O–H groups in total. The van der Waals surface area contributed by atoms with Crippen LogP contribution in [-0.4, -0.2) is 12.5 Å². The van der Waals surface area contributed by atoms with Gasteiger partial charge in [-0.2, -0.15) is 10.0 Å². The molecule has 232 valence electrons. The van der Waals surface area contributed by atoms with Crippen LogP contribution in [0.15, 0.2) is 180 Å². The van der Waals surface area contributed by atoms with Gasteiger partial charge in [0.2, 0.25) is 0 Å². The molecule has 0 aliphatic carbocycles. The van der Waals surface area contributed by atoms with Crippen molar-refractivity contribution >= 4 is 53.1 Å². The van der Waals surface area contributed by atoms with Crippen molar-refractivity contribution in [2.45, 2.75) is 9.79 Å². The predicted molar refractivity (Wildman–Crippen MR) is 214 cm³/mol. The lowest BCUT2D eigenvalue weighted by atomic mass is 9.89. The molecule has 0 unspecified atom stereocenters. The molecule has 0 radical (unpaired) electrons. The van der Waals surface area contributed by atoms with Gasteiger partial charge < -0.3 is 0 Å². The Labute approximate surface area is 288 Å². The molecule has 0 amide bonds. The zero-order valence-corrected chi connectivity index (χ0v) is 28.4. The van der Waals surface area contributed by atoms with Crippen LogP contribution in [0.4, 0.5) is 0 Å². The number of benzene rings is 9. The summed E-state index contributed by atoms with van der Waals surface area (Å²) in [5, 5.41) is 10.3. The van der Waals surface area contributed by atoms with Gasteiger partial charge in [0, 0.05) is 15.2 Å². The van der Waals surface area contributed by atoms with E-state index in [1.54, 1.807) is 0 Å². The fourth-order valence-corrected chi connectivity index (χ4v) is 10.5. The van der Waals surface area contributed by atoms with E-state index in [4.69, 9.17) is 0 Å². The van der Waals surface area contributed by atoms with Crippen LogP contribution >= 0.6 is 10.0 Å². The third-order valence-electron chi connectivity index (χ3n) is 10.6. The standard InChI is InChI=1S/C48H34S/c1-49(2)46-22-21-40(37-18-15-31-9-3-6-12-34(31)23-37)28-44(46)45-29-41(38-19-16-32-10-4-7-13-35(32)24-38)26-43-27-42(30-47(49)48(43)45)39-20-17-33-11-5-8-14-36(33)25-39/h3-30H,1-2H3. The first-order valence-corrected chi connectivity index (χ1v) is 19.4. The van der Waals surface area contributed by atoms with Crippen LogP contribution in [0.1, 0.15) is 0 Å². The molecule has 9 aromatic carbocycles. The highest BCUT2D eigenvalue weighted by molar-refractivity contribution is 8.33. The molecule has 10 rings (SSSR count). The Balaban J connectivity index is 1.24. The van der Waals surface area contributed by atoms with Gasteiger partial charge in [-0.05, 0) is 149 Å². The summed E-state index contributed by atoms with van der Waals surface area (Å²) < 4.78 is 0. The summed E-state index contributed by atoms with van der Waals surface area (Å²) >= 11 is 0. The Morgan fingerprint density at radius 1 is 0.286 bits per heavy atom. The van der Waals surface area contributed by atoms with Gasteiger partial charge >= 0.3 is 0 Å². The molecule has 1 aliphatic rings. The van der Waals surface area contributed by atoms with E-state index in [0.717, 1.165) is 0 Å². The van der Waals surface area contributed by atoms with Crippen LogP contribution in [-0.2, 0) is 0 Å². The first kappa shape index (κ1) is 28.4. The fraction of sp³-hybridized carbons (Fsp3) is 0.0417. The smallest absolute Gasteiger partial charge is 0.00274 e. The van der Waals surface area contributed by atoms with E-state index in [-0.39, 0.29) is 0 Å². The van der Waals surface area contributed by atoms with Crippen LogP contribution in [0, 0.1) is 0 Å². The molecule has 9 aromatic rings. The van der Waals surface area contributed by atoms with Gasteiger partial charge in [-0.15, -0.1) is 0 Å². The molecule has 1 heterocycles. The van der Waals surface area contributed by atoms with Crippen LogP contribution < -0.4 is 0 Å². The van der Waals surface area contributed by atoms with Crippen molar-refractivity contribution in [2.75, 3.05) is 12.5 Å². The quantitative estimate of drug-likeness (QED) is 0.180. The molecule has 1 heteroatoms. The lowest BCUT2D eigenvalue weighted by Gasteiger charge is -2.40. The van der Waals surface area contributed by atoms with Crippen LogP contribution in [0.2, 0.25) is 0 Å². The van der Waals surface area contributed by atoms with Crippen LogP contribution in [0.5, 0.6) is 0 Å². The fourth-order valence-electron chi connectivity index (χ4n) is 8.01. The SMILES string of the molecule is CS1(C)c2ccc(-c3ccc4ccccc4c3)cc2-c2cc(-c3ccc4ccccc4c3)cc3cc(-c4ccc5ccccc5c4)cc1c23. The van der Waals surface area contributed by atoms with Crippen molar-refractivity contribution in [1.29, 1.82) is 0 Å². The molecule has 0 saturated carbocycles. The third kappa shape index (κ3) is 4.54. The Morgan fingerprint density at radius 3 is 1.20 bits per heavy atom. The Hall–Kier alpha value is -5.63. The normalized spacial score (nSPS) is 13.9. The van der Waals surface area contributed by atoms with Gasteiger partial charge in [0.25, 0.3) is 0 Å². The average molecular weight is 643 g/mol. The van der Waals surface area contributed by atoms with Crippen molar-refractivity contribution < 1.29 is 0 Å². The summed E-state index contributed by atoms with van der Waals surface area (Å²) in [6.07, 6.45) is 4.97. The minimum Gasteiger partial charge on any atom is -0.192 e. The van der Waals surface area contributed by atoms with Crippen molar-refractivity contribution in [3.8, 4) is 44.5 Å².